The van der Waals surface area contributed by atoms with Crippen LogP contribution in [0.25, 0.3) is 0 Å². The fourth-order valence-electron chi connectivity index (χ4n) is 1.42. The van der Waals surface area contributed by atoms with E-state index in [2.05, 4.69) is 10.3 Å². The maximum atomic E-state index is 11.8. The zero-order valence-corrected chi connectivity index (χ0v) is 11.2. The minimum absolute atomic E-state index is 0.142. The van der Waals surface area contributed by atoms with Gasteiger partial charge in [0.05, 0.1) is 13.5 Å². The monoisotopic (exact) mass is 282 g/mol. The number of carbonyl (C=O) groups excluding carboxylic acids is 1. The number of hydrogen-bond donors (Lipinski definition) is 1. The van der Waals surface area contributed by atoms with Gasteiger partial charge in [0.1, 0.15) is 5.75 Å². The van der Waals surface area contributed by atoms with Crippen LogP contribution in [-0.4, -0.2) is 18.0 Å². The molecule has 0 fully saturated rings. The maximum Gasteiger partial charge on any atom is 0.230 e. The number of ether oxygens (including phenoxy) is 1. The predicted octanol–water partition coefficient (Wildman–Crippen LogP) is 2.99. The summed E-state index contributed by atoms with van der Waals surface area (Å²) in [7, 11) is 1.57. The summed E-state index contributed by atoms with van der Waals surface area (Å²) >= 11 is 7.44. The van der Waals surface area contributed by atoms with Gasteiger partial charge in [-0.1, -0.05) is 17.7 Å². The van der Waals surface area contributed by atoms with Gasteiger partial charge in [0.25, 0.3) is 0 Å². The Hall–Kier alpha value is -1.59. The average molecular weight is 283 g/mol. The molecular formula is C12H11ClN2O2S. The highest BCUT2D eigenvalue weighted by Crippen LogP contribution is 2.23. The molecular weight excluding hydrogens is 272 g/mol. The van der Waals surface area contributed by atoms with Crippen LogP contribution in [0, 0.1) is 0 Å². The highest BCUT2D eigenvalue weighted by atomic mass is 35.5. The smallest absolute Gasteiger partial charge is 0.230 e. The second-order valence-electron chi connectivity index (χ2n) is 3.52. The molecule has 0 atom stereocenters. The van der Waals surface area contributed by atoms with Gasteiger partial charge in [-0.15, -0.1) is 11.3 Å². The first-order valence-electron chi connectivity index (χ1n) is 5.21. The van der Waals surface area contributed by atoms with Crippen LogP contribution in [0.3, 0.4) is 0 Å². The third-order valence-electron chi connectivity index (χ3n) is 2.29. The van der Waals surface area contributed by atoms with E-state index in [0.29, 0.717) is 15.9 Å². The number of nitrogens with zero attached hydrogens (tertiary/aromatic N) is 1. The van der Waals surface area contributed by atoms with Gasteiger partial charge < -0.3 is 10.1 Å². The highest BCUT2D eigenvalue weighted by molar-refractivity contribution is 7.13. The van der Waals surface area contributed by atoms with E-state index < -0.39 is 0 Å². The molecule has 0 aliphatic rings. The van der Waals surface area contributed by atoms with Gasteiger partial charge in [-0.3, -0.25) is 4.79 Å². The number of nitrogens with one attached hydrogen (secondary N) is 1. The van der Waals surface area contributed by atoms with Crippen LogP contribution in [0.2, 0.25) is 5.02 Å². The molecule has 18 heavy (non-hydrogen) atoms. The normalized spacial score (nSPS) is 10.1. The van der Waals surface area contributed by atoms with E-state index in [1.807, 2.05) is 0 Å². The standard InChI is InChI=1S/C12H11ClN2O2S/c1-17-9-3-2-8(10(13)7-9)6-11(16)15-12-14-4-5-18-12/h2-5,7H,6H2,1H3,(H,14,15,16). The lowest BCUT2D eigenvalue weighted by Crippen LogP contribution is -2.14. The van der Waals surface area contributed by atoms with Gasteiger partial charge in [-0.05, 0) is 17.7 Å². The fourth-order valence-corrected chi connectivity index (χ4v) is 2.20. The molecule has 4 nitrogen and oxygen atoms in total. The molecule has 1 N–H and O–H groups in total. The number of hydrogen-bond acceptors (Lipinski definition) is 4. The molecule has 1 heterocycles. The third kappa shape index (κ3) is 3.21. The van der Waals surface area contributed by atoms with Crippen molar-refractivity contribution in [3.05, 3.63) is 40.4 Å². The van der Waals surface area contributed by atoms with E-state index in [1.54, 1.807) is 36.9 Å². The Morgan fingerprint density at radius 1 is 1.56 bits per heavy atom. The van der Waals surface area contributed by atoms with Gasteiger partial charge in [0.2, 0.25) is 5.91 Å². The first kappa shape index (κ1) is 12.9. The van der Waals surface area contributed by atoms with Crippen molar-refractivity contribution < 1.29 is 9.53 Å². The van der Waals surface area contributed by atoms with Crippen LogP contribution < -0.4 is 10.1 Å². The summed E-state index contributed by atoms with van der Waals surface area (Å²) in [5.74, 6) is 0.529. The molecule has 1 amide bonds. The summed E-state index contributed by atoms with van der Waals surface area (Å²) in [4.78, 5) is 15.7. The lowest BCUT2D eigenvalue weighted by atomic mass is 10.1. The van der Waals surface area contributed by atoms with Gasteiger partial charge in [-0.2, -0.15) is 0 Å². The molecule has 0 radical (unpaired) electrons. The van der Waals surface area contributed by atoms with Gasteiger partial charge >= 0.3 is 0 Å². The second-order valence-corrected chi connectivity index (χ2v) is 4.82. The van der Waals surface area contributed by atoms with Gasteiger partial charge in [0, 0.05) is 16.6 Å². The molecule has 1 aromatic carbocycles. The van der Waals surface area contributed by atoms with Crippen molar-refractivity contribution in [2.75, 3.05) is 12.4 Å². The Labute approximate surface area is 114 Å². The lowest BCUT2D eigenvalue weighted by Gasteiger charge is -2.06. The number of amides is 1. The van der Waals surface area contributed by atoms with E-state index in [-0.39, 0.29) is 12.3 Å². The summed E-state index contributed by atoms with van der Waals surface area (Å²) in [5, 5.41) is 5.61. The minimum atomic E-state index is -0.142. The highest BCUT2D eigenvalue weighted by Gasteiger charge is 2.09. The minimum Gasteiger partial charge on any atom is -0.497 e. The molecule has 0 bridgehead atoms. The lowest BCUT2D eigenvalue weighted by molar-refractivity contribution is -0.115. The molecule has 0 spiro atoms. The summed E-state index contributed by atoms with van der Waals surface area (Å²) in [6, 6.07) is 5.24. The number of methoxy groups -OCH3 is 1. The maximum absolute atomic E-state index is 11.8. The Balaban J connectivity index is 2.03. The summed E-state index contributed by atoms with van der Waals surface area (Å²) < 4.78 is 5.05. The molecule has 2 aromatic rings. The Kier molecular flexibility index (Phi) is 4.17. The van der Waals surface area contributed by atoms with E-state index in [1.165, 1.54) is 11.3 Å². The first-order chi connectivity index (χ1) is 8.69. The molecule has 1 aromatic heterocycles. The number of aromatic nitrogens is 1. The molecule has 0 aliphatic carbocycles. The molecule has 0 saturated carbocycles. The number of carbonyl (C=O) groups is 1. The SMILES string of the molecule is COc1ccc(CC(=O)Nc2nccs2)c(Cl)c1. The van der Waals surface area contributed by atoms with Crippen LogP contribution in [0.15, 0.2) is 29.8 Å². The van der Waals surface area contributed by atoms with Crippen LogP contribution in [0.1, 0.15) is 5.56 Å². The molecule has 6 heteroatoms. The molecule has 0 saturated heterocycles. The zero-order valence-electron chi connectivity index (χ0n) is 9.64. The van der Waals surface area contributed by atoms with Crippen molar-refractivity contribution in [1.29, 1.82) is 0 Å². The number of halogens is 1. The van der Waals surface area contributed by atoms with Crippen molar-refractivity contribution >= 4 is 34.0 Å². The number of thiazole rings is 1. The third-order valence-corrected chi connectivity index (χ3v) is 3.33. The van der Waals surface area contributed by atoms with Crippen molar-refractivity contribution in [1.82, 2.24) is 4.98 Å². The van der Waals surface area contributed by atoms with Crippen molar-refractivity contribution in [3.8, 4) is 5.75 Å². The van der Waals surface area contributed by atoms with Crippen molar-refractivity contribution in [2.45, 2.75) is 6.42 Å². The number of anilines is 1. The summed E-state index contributed by atoms with van der Waals surface area (Å²) in [5.41, 5.74) is 0.756. The van der Waals surface area contributed by atoms with Crippen molar-refractivity contribution in [2.24, 2.45) is 0 Å². The fraction of sp³-hybridized carbons (Fsp3) is 0.167. The predicted molar refractivity (Wildman–Crippen MR) is 72.5 cm³/mol. The van der Waals surface area contributed by atoms with Crippen LogP contribution in [-0.2, 0) is 11.2 Å². The second kappa shape index (κ2) is 5.84. The molecule has 0 aliphatic heterocycles. The van der Waals surface area contributed by atoms with Gasteiger partial charge in [0.15, 0.2) is 5.13 Å². The van der Waals surface area contributed by atoms with E-state index in [9.17, 15) is 4.79 Å². The Bertz CT molecular complexity index is 543. The topological polar surface area (TPSA) is 51.2 Å². The average Bonchev–Trinajstić information content (AvgIpc) is 2.84. The number of benzene rings is 1. The van der Waals surface area contributed by atoms with Crippen LogP contribution in [0.5, 0.6) is 5.75 Å². The Morgan fingerprint density at radius 3 is 3.00 bits per heavy atom. The van der Waals surface area contributed by atoms with Crippen LogP contribution in [0.4, 0.5) is 5.13 Å². The molecule has 94 valence electrons. The summed E-state index contributed by atoms with van der Waals surface area (Å²) in [6.45, 7) is 0. The largest absolute Gasteiger partial charge is 0.497 e. The van der Waals surface area contributed by atoms with Gasteiger partial charge in [-0.25, -0.2) is 4.98 Å². The van der Waals surface area contributed by atoms with Crippen molar-refractivity contribution in [3.63, 3.8) is 0 Å². The molecule has 2 rings (SSSR count). The van der Waals surface area contributed by atoms with E-state index >= 15 is 0 Å². The summed E-state index contributed by atoms with van der Waals surface area (Å²) in [6.07, 6.45) is 1.85. The number of rotatable bonds is 4. The first-order valence-corrected chi connectivity index (χ1v) is 6.46. The Morgan fingerprint density at radius 2 is 2.39 bits per heavy atom. The molecule has 0 unspecified atom stereocenters. The quantitative estimate of drug-likeness (QED) is 0.938. The van der Waals surface area contributed by atoms with E-state index in [4.69, 9.17) is 16.3 Å². The zero-order chi connectivity index (χ0) is 13.0. The van der Waals surface area contributed by atoms with E-state index in [0.717, 1.165) is 5.56 Å². The van der Waals surface area contributed by atoms with Crippen LogP contribution >= 0.6 is 22.9 Å².